The Morgan fingerprint density at radius 3 is 2.85 bits per heavy atom. The molecule has 1 fully saturated rings. The first-order valence-corrected chi connectivity index (χ1v) is 8.44. The minimum absolute atomic E-state index is 0.175. The number of carbonyl (C=O) groups excluding carboxylic acids is 1. The van der Waals surface area contributed by atoms with Gasteiger partial charge in [-0.2, -0.15) is 4.98 Å². The summed E-state index contributed by atoms with van der Waals surface area (Å²) in [5.74, 6) is 1.92. The number of amides is 1. The number of nitrogens with zero attached hydrogens (tertiary/aromatic N) is 6. The van der Waals surface area contributed by atoms with Gasteiger partial charge in [0.2, 0.25) is 11.7 Å². The molecule has 1 aliphatic rings. The lowest BCUT2D eigenvalue weighted by Crippen LogP contribution is -2.27. The number of pyridine rings is 1. The highest BCUT2D eigenvalue weighted by Crippen LogP contribution is 2.37. The van der Waals surface area contributed by atoms with Crippen LogP contribution in [0.1, 0.15) is 46.5 Å². The number of hydrogen-bond acceptors (Lipinski definition) is 7. The molecule has 3 aromatic heterocycles. The molecule has 0 aliphatic heterocycles. The van der Waals surface area contributed by atoms with E-state index in [1.807, 2.05) is 13.0 Å². The number of hydrogen-bond donors (Lipinski definition) is 0. The minimum atomic E-state index is -0.175. The molecule has 0 atom stereocenters. The van der Waals surface area contributed by atoms with Crippen molar-refractivity contribution < 1.29 is 9.32 Å². The van der Waals surface area contributed by atoms with Crippen molar-refractivity contribution >= 4 is 5.91 Å². The van der Waals surface area contributed by atoms with Crippen LogP contribution in [0, 0.1) is 6.92 Å². The Morgan fingerprint density at radius 1 is 1.31 bits per heavy atom. The minimum Gasteiger partial charge on any atom is -0.337 e. The lowest BCUT2D eigenvalue weighted by molar-refractivity contribution is 0.0768. The Hall–Kier alpha value is -3.16. The third kappa shape index (κ3) is 3.30. The van der Waals surface area contributed by atoms with Crippen LogP contribution < -0.4 is 0 Å². The van der Waals surface area contributed by atoms with Crippen molar-refractivity contribution in [2.45, 2.75) is 32.2 Å². The second kappa shape index (κ2) is 6.62. The van der Waals surface area contributed by atoms with Gasteiger partial charge in [0.05, 0.1) is 11.3 Å². The molecule has 1 aliphatic carbocycles. The molecule has 0 unspecified atom stereocenters. The number of carbonyl (C=O) groups is 1. The molecule has 1 amide bonds. The second-order valence-corrected chi connectivity index (χ2v) is 6.42. The van der Waals surface area contributed by atoms with Gasteiger partial charge in [-0.15, -0.1) is 0 Å². The van der Waals surface area contributed by atoms with E-state index in [1.165, 1.54) is 4.90 Å². The van der Waals surface area contributed by atoms with E-state index in [9.17, 15) is 4.79 Å². The van der Waals surface area contributed by atoms with Gasteiger partial charge in [-0.3, -0.25) is 9.78 Å². The maximum Gasteiger partial charge on any atom is 0.257 e. The van der Waals surface area contributed by atoms with Gasteiger partial charge in [0, 0.05) is 37.1 Å². The molecule has 0 saturated heterocycles. The summed E-state index contributed by atoms with van der Waals surface area (Å²) in [7, 11) is 1.69. The molecule has 0 radical (unpaired) electrons. The quantitative estimate of drug-likeness (QED) is 0.696. The van der Waals surface area contributed by atoms with Crippen molar-refractivity contribution in [1.82, 2.24) is 30.0 Å². The van der Waals surface area contributed by atoms with Gasteiger partial charge in [-0.25, -0.2) is 9.97 Å². The first kappa shape index (κ1) is 16.3. The Bertz CT molecular complexity index is 936. The van der Waals surface area contributed by atoms with Crippen molar-refractivity contribution in [3.05, 3.63) is 53.7 Å². The van der Waals surface area contributed by atoms with Crippen molar-refractivity contribution in [2.24, 2.45) is 0 Å². The Labute approximate surface area is 150 Å². The normalized spacial score (nSPS) is 13.6. The fourth-order valence-corrected chi connectivity index (χ4v) is 2.64. The summed E-state index contributed by atoms with van der Waals surface area (Å²) >= 11 is 0. The summed E-state index contributed by atoms with van der Waals surface area (Å²) in [5, 5.41) is 3.94. The molecule has 3 heterocycles. The summed E-state index contributed by atoms with van der Waals surface area (Å²) in [4.78, 5) is 31.4. The van der Waals surface area contributed by atoms with E-state index in [4.69, 9.17) is 4.52 Å². The van der Waals surface area contributed by atoms with E-state index in [2.05, 4.69) is 25.1 Å². The largest absolute Gasteiger partial charge is 0.337 e. The second-order valence-electron chi connectivity index (χ2n) is 6.42. The zero-order valence-electron chi connectivity index (χ0n) is 14.6. The van der Waals surface area contributed by atoms with Crippen LogP contribution in [0.15, 0.2) is 35.2 Å². The van der Waals surface area contributed by atoms with Crippen LogP contribution in [0.4, 0.5) is 0 Å². The van der Waals surface area contributed by atoms with E-state index in [1.54, 1.807) is 31.7 Å². The predicted molar refractivity (Wildman–Crippen MR) is 92.1 cm³/mol. The maximum atomic E-state index is 12.7. The molecule has 8 nitrogen and oxygen atoms in total. The molecule has 1 saturated carbocycles. The van der Waals surface area contributed by atoms with Gasteiger partial charge in [0.15, 0.2) is 0 Å². The summed E-state index contributed by atoms with van der Waals surface area (Å²) in [6.45, 7) is 2.04. The van der Waals surface area contributed by atoms with Gasteiger partial charge in [-0.1, -0.05) is 5.16 Å². The first-order chi connectivity index (χ1) is 12.6. The standard InChI is InChI=1S/C18H18N6O2/c1-11-14(9-20-16(21-11)12-5-6-12)18(25)24(2)10-15-22-17(23-26-15)13-4-3-7-19-8-13/h3-4,7-9,12H,5-6,10H2,1-2H3. The van der Waals surface area contributed by atoms with Gasteiger partial charge >= 0.3 is 0 Å². The van der Waals surface area contributed by atoms with E-state index in [0.29, 0.717) is 28.9 Å². The van der Waals surface area contributed by atoms with Gasteiger partial charge in [-0.05, 0) is 31.9 Å². The smallest absolute Gasteiger partial charge is 0.257 e. The molecule has 4 rings (SSSR count). The summed E-state index contributed by atoms with van der Waals surface area (Å²) < 4.78 is 5.25. The molecule has 132 valence electrons. The Kier molecular flexibility index (Phi) is 4.16. The highest BCUT2D eigenvalue weighted by atomic mass is 16.5. The van der Waals surface area contributed by atoms with E-state index >= 15 is 0 Å². The Morgan fingerprint density at radius 2 is 2.15 bits per heavy atom. The van der Waals surface area contributed by atoms with Gasteiger partial charge < -0.3 is 9.42 Å². The lowest BCUT2D eigenvalue weighted by atomic mass is 10.2. The lowest BCUT2D eigenvalue weighted by Gasteiger charge is -2.15. The van der Waals surface area contributed by atoms with Crippen molar-refractivity contribution in [1.29, 1.82) is 0 Å². The third-order valence-corrected chi connectivity index (χ3v) is 4.28. The fraction of sp³-hybridized carbons (Fsp3) is 0.333. The molecule has 0 spiro atoms. The van der Waals surface area contributed by atoms with Crippen molar-refractivity contribution in [2.75, 3.05) is 7.05 Å². The number of aromatic nitrogens is 5. The van der Waals surface area contributed by atoms with Crippen molar-refractivity contribution in [3.63, 3.8) is 0 Å². The van der Waals surface area contributed by atoms with Crippen LogP contribution >= 0.6 is 0 Å². The van der Waals surface area contributed by atoms with Crippen LogP contribution in [0.3, 0.4) is 0 Å². The SMILES string of the molecule is Cc1nc(C2CC2)ncc1C(=O)N(C)Cc1nc(-c2cccnc2)no1. The summed E-state index contributed by atoms with van der Waals surface area (Å²) in [5.41, 5.74) is 1.95. The van der Waals surface area contributed by atoms with Gasteiger partial charge in [0.25, 0.3) is 5.91 Å². The molecule has 8 heteroatoms. The monoisotopic (exact) mass is 350 g/mol. The average Bonchev–Trinajstić information content (AvgIpc) is 3.41. The zero-order chi connectivity index (χ0) is 18.1. The predicted octanol–water partition coefficient (Wildman–Crippen LogP) is 2.38. The summed E-state index contributed by atoms with van der Waals surface area (Å²) in [6, 6.07) is 3.65. The third-order valence-electron chi connectivity index (χ3n) is 4.28. The van der Waals surface area contributed by atoms with Crippen LogP contribution in [0.2, 0.25) is 0 Å². The molecule has 3 aromatic rings. The number of rotatable bonds is 5. The van der Waals surface area contributed by atoms with Crippen LogP contribution in [0.25, 0.3) is 11.4 Å². The highest BCUT2D eigenvalue weighted by Gasteiger charge is 2.28. The summed E-state index contributed by atoms with van der Waals surface area (Å²) in [6.07, 6.45) is 7.21. The molecule has 0 aromatic carbocycles. The topological polar surface area (TPSA) is 97.9 Å². The zero-order valence-corrected chi connectivity index (χ0v) is 14.6. The molecule has 0 bridgehead atoms. The van der Waals surface area contributed by atoms with E-state index < -0.39 is 0 Å². The fourth-order valence-electron chi connectivity index (χ4n) is 2.64. The highest BCUT2D eigenvalue weighted by molar-refractivity contribution is 5.94. The molecule has 26 heavy (non-hydrogen) atoms. The maximum absolute atomic E-state index is 12.7. The molecular formula is C18H18N6O2. The first-order valence-electron chi connectivity index (χ1n) is 8.44. The molecule has 0 N–H and O–H groups in total. The van der Waals surface area contributed by atoms with Crippen LogP contribution in [-0.2, 0) is 6.54 Å². The molecular weight excluding hydrogens is 332 g/mol. The van der Waals surface area contributed by atoms with E-state index in [0.717, 1.165) is 24.2 Å². The van der Waals surface area contributed by atoms with Crippen LogP contribution in [-0.4, -0.2) is 42.9 Å². The van der Waals surface area contributed by atoms with Crippen molar-refractivity contribution in [3.8, 4) is 11.4 Å². The Balaban J connectivity index is 1.47. The average molecular weight is 350 g/mol. The van der Waals surface area contributed by atoms with Gasteiger partial charge in [0.1, 0.15) is 12.4 Å². The number of aryl methyl sites for hydroxylation is 1. The van der Waals surface area contributed by atoms with Crippen LogP contribution in [0.5, 0.6) is 0 Å². The van der Waals surface area contributed by atoms with E-state index in [-0.39, 0.29) is 12.5 Å².